The maximum Gasteiger partial charge on any atom is 0.343 e. The summed E-state index contributed by atoms with van der Waals surface area (Å²) in [5.74, 6) is 1.20. The van der Waals surface area contributed by atoms with E-state index in [9.17, 15) is 4.79 Å². The van der Waals surface area contributed by atoms with E-state index < -0.39 is 6.03 Å². The molecule has 0 spiro atoms. The molecule has 0 saturated heterocycles. The Labute approximate surface area is 211 Å². The Hall–Kier alpha value is -3.39. The minimum Gasteiger partial charge on any atom is -0.487 e. The number of hydrogen-bond acceptors (Lipinski definition) is 5. The van der Waals surface area contributed by atoms with Crippen LogP contribution in [0.5, 0.6) is 5.75 Å². The van der Waals surface area contributed by atoms with Crippen molar-refractivity contribution in [2.75, 3.05) is 19.4 Å². The number of anilines is 1. The number of nitrogens with one attached hydrogen (secondary N) is 1. The molecule has 8 nitrogen and oxygen atoms in total. The summed E-state index contributed by atoms with van der Waals surface area (Å²) in [7, 11) is 3.04. The highest BCUT2D eigenvalue weighted by Gasteiger charge is 2.17. The van der Waals surface area contributed by atoms with E-state index in [0.29, 0.717) is 28.3 Å². The van der Waals surface area contributed by atoms with E-state index in [2.05, 4.69) is 49.4 Å². The molecule has 0 aliphatic rings. The van der Waals surface area contributed by atoms with Crippen LogP contribution in [0.3, 0.4) is 0 Å². The van der Waals surface area contributed by atoms with Gasteiger partial charge in [0.25, 0.3) is 0 Å². The first-order valence-electron chi connectivity index (χ1n) is 11.6. The van der Waals surface area contributed by atoms with E-state index in [1.54, 1.807) is 0 Å². The molecule has 0 unspecified atom stereocenters. The van der Waals surface area contributed by atoms with Crippen LogP contribution < -0.4 is 10.1 Å². The van der Waals surface area contributed by atoms with Crippen LogP contribution in [0.4, 0.5) is 10.5 Å². The van der Waals surface area contributed by atoms with Gasteiger partial charge in [-0.05, 0) is 54.7 Å². The smallest absolute Gasteiger partial charge is 0.343 e. The first-order chi connectivity index (χ1) is 16.6. The molecule has 2 amide bonds. The van der Waals surface area contributed by atoms with Gasteiger partial charge in [0.2, 0.25) is 0 Å². The number of aryl methyl sites for hydroxylation is 1. The number of nitrogens with zero attached hydrogens (tertiary/aromatic N) is 5. The lowest BCUT2D eigenvalue weighted by molar-refractivity contribution is 0.221. The molecule has 0 radical (unpaired) electrons. The highest BCUT2D eigenvalue weighted by atomic mass is 35.5. The van der Waals surface area contributed by atoms with Crippen molar-refractivity contribution in [2.24, 2.45) is 10.3 Å². The predicted molar refractivity (Wildman–Crippen MR) is 140 cm³/mol. The summed E-state index contributed by atoms with van der Waals surface area (Å²) >= 11 is 6.62. The van der Waals surface area contributed by atoms with Gasteiger partial charge in [-0.15, -0.1) is 0 Å². The summed E-state index contributed by atoms with van der Waals surface area (Å²) in [6.07, 6.45) is 0. The van der Waals surface area contributed by atoms with Gasteiger partial charge < -0.3 is 10.1 Å². The topological polar surface area (TPSA) is 84.1 Å². The molecule has 2 aromatic carbocycles. The fourth-order valence-corrected chi connectivity index (χ4v) is 3.81. The molecule has 9 heteroatoms. The standard InChI is InChI=1S/C26H33ClN6O2/c1-16(2)23-14-24(17(3)4)33(30-23)19-11-12-25(21(27)13-19)35-15-20-18(5)9-8-10-22(20)29-26(34)32(7)31-28-6/h8-14,16-17H,15H2,1-7H3,(H,29,34). The zero-order valence-electron chi connectivity index (χ0n) is 21.3. The monoisotopic (exact) mass is 496 g/mol. The predicted octanol–water partition coefficient (Wildman–Crippen LogP) is 7.12. The summed E-state index contributed by atoms with van der Waals surface area (Å²) in [6.45, 7) is 10.8. The molecule has 3 aromatic rings. The van der Waals surface area contributed by atoms with Crippen LogP contribution in [0.1, 0.15) is 62.0 Å². The average Bonchev–Trinajstić information content (AvgIpc) is 3.26. The lowest BCUT2D eigenvalue weighted by Gasteiger charge is -2.17. The maximum atomic E-state index is 12.4. The molecule has 186 valence electrons. The molecule has 1 heterocycles. The fourth-order valence-electron chi connectivity index (χ4n) is 3.59. The van der Waals surface area contributed by atoms with Crippen molar-refractivity contribution in [1.29, 1.82) is 0 Å². The molecule has 35 heavy (non-hydrogen) atoms. The Morgan fingerprint density at radius 1 is 1.17 bits per heavy atom. The molecule has 0 aliphatic heterocycles. The van der Waals surface area contributed by atoms with Crippen LogP contribution in [-0.4, -0.2) is 34.9 Å². The van der Waals surface area contributed by atoms with Gasteiger partial charge >= 0.3 is 6.03 Å². The number of carbonyl (C=O) groups is 1. The van der Waals surface area contributed by atoms with Crippen molar-refractivity contribution >= 4 is 23.3 Å². The van der Waals surface area contributed by atoms with Crippen LogP contribution in [-0.2, 0) is 6.61 Å². The third kappa shape index (κ3) is 6.19. The molecule has 0 fully saturated rings. The molecule has 0 bridgehead atoms. The Bertz CT molecular complexity index is 1220. The van der Waals surface area contributed by atoms with Gasteiger partial charge in [-0.2, -0.15) is 15.2 Å². The fraction of sp³-hybridized carbons (Fsp3) is 0.385. The SMILES string of the molecule is CN=NN(C)C(=O)Nc1cccc(C)c1COc1ccc(-n2nc(C(C)C)cc2C(C)C)cc1Cl. The lowest BCUT2D eigenvalue weighted by Crippen LogP contribution is -2.27. The highest BCUT2D eigenvalue weighted by Crippen LogP contribution is 2.31. The zero-order chi connectivity index (χ0) is 25.7. The van der Waals surface area contributed by atoms with Crippen molar-refractivity contribution in [3.63, 3.8) is 0 Å². The van der Waals surface area contributed by atoms with E-state index in [1.807, 2.05) is 48.0 Å². The van der Waals surface area contributed by atoms with E-state index >= 15 is 0 Å². The van der Waals surface area contributed by atoms with Crippen molar-refractivity contribution in [3.8, 4) is 11.4 Å². The largest absolute Gasteiger partial charge is 0.487 e. The van der Waals surface area contributed by atoms with Crippen molar-refractivity contribution < 1.29 is 9.53 Å². The summed E-state index contributed by atoms with van der Waals surface area (Å²) in [5, 5.41) is 16.6. The van der Waals surface area contributed by atoms with Crippen LogP contribution >= 0.6 is 11.6 Å². The first kappa shape index (κ1) is 26.2. The Morgan fingerprint density at radius 3 is 2.54 bits per heavy atom. The second-order valence-corrected chi connectivity index (χ2v) is 9.37. The normalized spacial score (nSPS) is 11.5. The van der Waals surface area contributed by atoms with E-state index in [-0.39, 0.29) is 6.61 Å². The Kier molecular flexibility index (Phi) is 8.51. The number of rotatable bonds is 8. The van der Waals surface area contributed by atoms with E-state index in [4.69, 9.17) is 21.4 Å². The van der Waals surface area contributed by atoms with Crippen LogP contribution in [0.2, 0.25) is 5.02 Å². The molecular weight excluding hydrogens is 464 g/mol. The summed E-state index contributed by atoms with van der Waals surface area (Å²) in [4.78, 5) is 12.4. The highest BCUT2D eigenvalue weighted by molar-refractivity contribution is 6.32. The van der Waals surface area contributed by atoms with E-state index in [1.165, 1.54) is 14.1 Å². The maximum absolute atomic E-state index is 12.4. The second-order valence-electron chi connectivity index (χ2n) is 8.96. The number of amides is 2. The van der Waals surface area contributed by atoms with Crippen molar-refractivity contribution in [3.05, 3.63) is 70.0 Å². The van der Waals surface area contributed by atoms with E-state index in [0.717, 1.165) is 33.2 Å². The number of halogens is 1. The van der Waals surface area contributed by atoms with Gasteiger partial charge in [0.1, 0.15) is 12.4 Å². The average molecular weight is 497 g/mol. The molecule has 1 aromatic heterocycles. The Balaban J connectivity index is 1.82. The number of carbonyl (C=O) groups excluding carboxylic acids is 1. The minimum atomic E-state index is -0.397. The summed E-state index contributed by atoms with van der Waals surface area (Å²) < 4.78 is 8.03. The van der Waals surface area contributed by atoms with Gasteiger partial charge in [0.05, 0.1) is 23.5 Å². The number of aromatic nitrogens is 2. The number of urea groups is 1. The first-order valence-corrected chi connectivity index (χ1v) is 12.0. The lowest BCUT2D eigenvalue weighted by atomic mass is 10.1. The number of hydrogen-bond donors (Lipinski definition) is 1. The van der Waals surface area contributed by atoms with Crippen LogP contribution in [0, 0.1) is 6.92 Å². The van der Waals surface area contributed by atoms with Gasteiger partial charge in [-0.25, -0.2) is 9.48 Å². The molecule has 1 N–H and O–H groups in total. The third-order valence-electron chi connectivity index (χ3n) is 5.64. The van der Waals surface area contributed by atoms with Gasteiger partial charge in [0.15, 0.2) is 0 Å². The van der Waals surface area contributed by atoms with Crippen molar-refractivity contribution in [2.45, 2.75) is 53.1 Å². The van der Waals surface area contributed by atoms with Crippen molar-refractivity contribution in [1.82, 2.24) is 14.8 Å². The quantitative estimate of drug-likeness (QED) is 0.266. The van der Waals surface area contributed by atoms with Crippen LogP contribution in [0.15, 0.2) is 52.8 Å². The van der Waals surface area contributed by atoms with Gasteiger partial charge in [0, 0.05) is 24.0 Å². The molecule has 0 saturated carbocycles. The van der Waals surface area contributed by atoms with Gasteiger partial charge in [-0.1, -0.05) is 56.7 Å². The molecular formula is C26H33ClN6O2. The summed E-state index contributed by atoms with van der Waals surface area (Å²) in [5.41, 5.74) is 5.53. The Morgan fingerprint density at radius 2 is 1.91 bits per heavy atom. The van der Waals surface area contributed by atoms with Gasteiger partial charge in [-0.3, -0.25) is 0 Å². The minimum absolute atomic E-state index is 0.233. The second kappa shape index (κ2) is 11.4. The molecule has 0 aliphatic carbocycles. The number of ether oxygens (including phenoxy) is 1. The summed E-state index contributed by atoms with van der Waals surface area (Å²) in [6, 6.07) is 13.1. The van der Waals surface area contributed by atoms with Crippen LogP contribution in [0.25, 0.3) is 5.69 Å². The zero-order valence-corrected chi connectivity index (χ0v) is 22.1. The molecule has 3 rings (SSSR count). The number of benzene rings is 2. The molecule has 0 atom stereocenters. The third-order valence-corrected chi connectivity index (χ3v) is 5.94.